The molecule has 2 heteroatoms. The maximum absolute atomic E-state index is 11.0. The van der Waals surface area contributed by atoms with Crippen LogP contribution >= 0.6 is 0 Å². The Kier molecular flexibility index (Phi) is 4.57. The maximum Gasteiger partial charge on any atom is 0.302 e. The fourth-order valence-electron chi connectivity index (χ4n) is 2.64. The lowest BCUT2D eigenvalue weighted by molar-refractivity contribution is -0.141. The van der Waals surface area contributed by atoms with Crippen LogP contribution in [0.5, 0.6) is 0 Å². The van der Waals surface area contributed by atoms with E-state index in [4.69, 9.17) is 4.74 Å². The van der Waals surface area contributed by atoms with Gasteiger partial charge in [0.15, 0.2) is 0 Å². The molecule has 0 aromatic heterocycles. The van der Waals surface area contributed by atoms with Crippen molar-refractivity contribution >= 4 is 5.97 Å². The minimum atomic E-state index is -0.225. The second-order valence-corrected chi connectivity index (χ2v) is 4.53. The summed E-state index contributed by atoms with van der Waals surface area (Å²) in [6.07, 6.45) is 0. The van der Waals surface area contributed by atoms with Crippen molar-refractivity contribution in [2.75, 3.05) is 6.61 Å². The Bertz CT molecular complexity index is 556. The quantitative estimate of drug-likeness (QED) is 0.755. The molecule has 0 heterocycles. The van der Waals surface area contributed by atoms with Crippen molar-refractivity contribution in [2.45, 2.75) is 26.7 Å². The third-order valence-corrected chi connectivity index (χ3v) is 3.42. The molecule has 1 aliphatic rings. The van der Waals surface area contributed by atoms with Crippen LogP contribution in [-0.4, -0.2) is 12.6 Å². The zero-order valence-electron chi connectivity index (χ0n) is 12.2. The summed E-state index contributed by atoms with van der Waals surface area (Å²) >= 11 is 0. The lowest BCUT2D eigenvalue weighted by Crippen LogP contribution is -2.09. The van der Waals surface area contributed by atoms with Crippen LogP contribution < -0.4 is 0 Å². The van der Waals surface area contributed by atoms with Crippen molar-refractivity contribution in [2.24, 2.45) is 0 Å². The van der Waals surface area contributed by atoms with Crippen molar-refractivity contribution in [1.82, 2.24) is 0 Å². The van der Waals surface area contributed by atoms with Gasteiger partial charge in [0.05, 0.1) is 0 Å². The van der Waals surface area contributed by atoms with E-state index in [1.54, 1.807) is 0 Å². The highest BCUT2D eigenvalue weighted by Gasteiger charge is 2.28. The topological polar surface area (TPSA) is 26.3 Å². The predicted octanol–water partition coefficient (Wildman–Crippen LogP) is 4.39. The molecule has 0 saturated carbocycles. The smallest absolute Gasteiger partial charge is 0.302 e. The molecule has 104 valence electrons. The molecule has 0 N–H and O–H groups in total. The zero-order valence-corrected chi connectivity index (χ0v) is 12.2. The first-order valence-electron chi connectivity index (χ1n) is 7.09. The van der Waals surface area contributed by atoms with Crippen molar-refractivity contribution in [3.63, 3.8) is 0 Å². The molecule has 0 spiro atoms. The molecule has 0 fully saturated rings. The minimum Gasteiger partial charge on any atom is -0.465 e. The van der Waals surface area contributed by atoms with E-state index in [1.807, 2.05) is 38.1 Å². The molecule has 2 aromatic rings. The largest absolute Gasteiger partial charge is 0.465 e. The normalized spacial score (nSPS) is 11.9. The van der Waals surface area contributed by atoms with E-state index in [9.17, 15) is 4.79 Å². The van der Waals surface area contributed by atoms with E-state index < -0.39 is 0 Å². The van der Waals surface area contributed by atoms with E-state index in [2.05, 4.69) is 24.3 Å². The summed E-state index contributed by atoms with van der Waals surface area (Å²) in [7, 11) is 0. The fraction of sp³-hybridized carbons (Fsp3) is 0.278. The highest BCUT2D eigenvalue weighted by atomic mass is 16.5. The molecule has 2 aromatic carbocycles. The van der Waals surface area contributed by atoms with Gasteiger partial charge < -0.3 is 4.74 Å². The number of esters is 1. The Morgan fingerprint density at radius 3 is 1.85 bits per heavy atom. The predicted molar refractivity (Wildman–Crippen MR) is 81.7 cm³/mol. The van der Waals surface area contributed by atoms with Crippen molar-refractivity contribution in [3.05, 3.63) is 59.7 Å². The summed E-state index contributed by atoms with van der Waals surface area (Å²) in [4.78, 5) is 11.0. The Morgan fingerprint density at radius 1 is 0.950 bits per heavy atom. The van der Waals surface area contributed by atoms with Crippen LogP contribution in [0.25, 0.3) is 11.1 Å². The van der Waals surface area contributed by atoms with Gasteiger partial charge in [-0.2, -0.15) is 0 Å². The van der Waals surface area contributed by atoms with Gasteiger partial charge in [-0.3, -0.25) is 4.79 Å². The Hall–Kier alpha value is -2.09. The van der Waals surface area contributed by atoms with E-state index in [0.717, 1.165) is 0 Å². The fourth-order valence-corrected chi connectivity index (χ4v) is 2.64. The van der Waals surface area contributed by atoms with E-state index >= 15 is 0 Å². The SMILES string of the molecule is CC.CC(=O)OCC1c2ccccc2-c2ccccc21. The third-order valence-electron chi connectivity index (χ3n) is 3.42. The summed E-state index contributed by atoms with van der Waals surface area (Å²) in [5.41, 5.74) is 5.01. The Labute approximate surface area is 120 Å². The van der Waals surface area contributed by atoms with Gasteiger partial charge in [0.25, 0.3) is 0 Å². The van der Waals surface area contributed by atoms with Crippen molar-refractivity contribution < 1.29 is 9.53 Å². The molecule has 0 amide bonds. The summed E-state index contributed by atoms with van der Waals surface area (Å²) in [6.45, 7) is 5.87. The number of fused-ring (bicyclic) bond motifs is 3. The summed E-state index contributed by atoms with van der Waals surface area (Å²) < 4.78 is 5.20. The molecule has 0 bridgehead atoms. The second-order valence-electron chi connectivity index (χ2n) is 4.53. The monoisotopic (exact) mass is 268 g/mol. The lowest BCUT2D eigenvalue weighted by Gasteiger charge is -2.12. The first-order valence-corrected chi connectivity index (χ1v) is 7.09. The lowest BCUT2D eigenvalue weighted by atomic mass is 9.98. The highest BCUT2D eigenvalue weighted by molar-refractivity contribution is 5.79. The number of hydrogen-bond donors (Lipinski definition) is 0. The van der Waals surface area contributed by atoms with Crippen LogP contribution in [0, 0.1) is 0 Å². The number of carbonyl (C=O) groups excluding carboxylic acids is 1. The van der Waals surface area contributed by atoms with Gasteiger partial charge >= 0.3 is 5.97 Å². The summed E-state index contributed by atoms with van der Waals surface area (Å²) in [5, 5.41) is 0. The molecule has 0 radical (unpaired) electrons. The van der Waals surface area contributed by atoms with Crippen LogP contribution in [0.15, 0.2) is 48.5 Å². The maximum atomic E-state index is 11.0. The van der Waals surface area contributed by atoms with Crippen molar-refractivity contribution in [3.8, 4) is 11.1 Å². The number of rotatable bonds is 2. The molecule has 1 aliphatic carbocycles. The average molecular weight is 268 g/mol. The zero-order chi connectivity index (χ0) is 14.5. The van der Waals surface area contributed by atoms with Crippen molar-refractivity contribution in [1.29, 1.82) is 0 Å². The molecule has 0 atom stereocenters. The van der Waals surface area contributed by atoms with Gasteiger partial charge in [-0.1, -0.05) is 62.4 Å². The first-order chi connectivity index (χ1) is 9.77. The van der Waals surface area contributed by atoms with Crippen LogP contribution in [0.3, 0.4) is 0 Å². The number of hydrogen-bond acceptors (Lipinski definition) is 2. The molecular weight excluding hydrogens is 248 g/mol. The molecule has 2 nitrogen and oxygen atoms in total. The number of carbonyl (C=O) groups is 1. The van der Waals surface area contributed by atoms with Gasteiger partial charge in [-0.15, -0.1) is 0 Å². The van der Waals surface area contributed by atoms with Gasteiger partial charge in [0.2, 0.25) is 0 Å². The minimum absolute atomic E-state index is 0.168. The summed E-state index contributed by atoms with van der Waals surface area (Å²) in [6, 6.07) is 16.6. The molecular formula is C18H20O2. The number of ether oxygens (including phenoxy) is 1. The van der Waals surface area contributed by atoms with Crippen LogP contribution in [0.4, 0.5) is 0 Å². The van der Waals surface area contributed by atoms with Crippen LogP contribution in [-0.2, 0) is 9.53 Å². The molecule has 0 aliphatic heterocycles. The Balaban J connectivity index is 0.000000704. The highest BCUT2D eigenvalue weighted by Crippen LogP contribution is 2.44. The van der Waals surface area contributed by atoms with E-state index in [-0.39, 0.29) is 11.9 Å². The molecule has 3 rings (SSSR count). The number of benzene rings is 2. The third kappa shape index (κ3) is 2.60. The van der Waals surface area contributed by atoms with Gasteiger partial charge in [-0.25, -0.2) is 0 Å². The molecule has 20 heavy (non-hydrogen) atoms. The van der Waals surface area contributed by atoms with Gasteiger partial charge in [0, 0.05) is 12.8 Å². The van der Waals surface area contributed by atoms with Gasteiger partial charge in [-0.05, 0) is 22.3 Å². The van der Waals surface area contributed by atoms with Crippen LogP contribution in [0.1, 0.15) is 37.8 Å². The van der Waals surface area contributed by atoms with Crippen LogP contribution in [0.2, 0.25) is 0 Å². The summed E-state index contributed by atoms with van der Waals surface area (Å²) in [5.74, 6) is -0.0573. The first kappa shape index (κ1) is 14.3. The van der Waals surface area contributed by atoms with E-state index in [1.165, 1.54) is 29.2 Å². The molecule has 0 unspecified atom stereocenters. The molecule has 0 saturated heterocycles. The van der Waals surface area contributed by atoms with E-state index in [0.29, 0.717) is 6.61 Å². The van der Waals surface area contributed by atoms with Gasteiger partial charge in [0.1, 0.15) is 6.61 Å². The standard InChI is InChI=1S/C16H14O2.C2H6/c1-11(17)18-10-16-14-8-4-2-6-12(14)13-7-3-5-9-15(13)16;1-2/h2-9,16H,10H2,1H3;1-2H3. The average Bonchev–Trinajstić information content (AvgIpc) is 2.81. The Morgan fingerprint density at radius 2 is 1.40 bits per heavy atom. The second kappa shape index (κ2) is 6.38.